The van der Waals surface area contributed by atoms with Crippen molar-refractivity contribution in [3.05, 3.63) is 65.2 Å². The topological polar surface area (TPSA) is 74.6 Å². The number of aliphatic hydroxyl groups is 2. The zero-order valence-corrected chi connectivity index (χ0v) is 15.0. The van der Waals surface area contributed by atoms with E-state index in [1.54, 1.807) is 36.4 Å². The Morgan fingerprint density at radius 1 is 0.875 bits per heavy atom. The summed E-state index contributed by atoms with van der Waals surface area (Å²) in [6.45, 7) is 5.33. The normalized spacial score (nSPS) is 15.7. The van der Waals surface area contributed by atoms with Crippen molar-refractivity contribution >= 4 is 9.84 Å². The Balaban J connectivity index is 2.27. The molecule has 0 aliphatic carbocycles. The monoisotopic (exact) mass is 348 g/mol. The predicted octanol–water partition coefficient (Wildman–Crippen LogP) is 2.81. The number of rotatable bonds is 6. The number of sulfone groups is 1. The van der Waals surface area contributed by atoms with Gasteiger partial charge >= 0.3 is 0 Å². The van der Waals surface area contributed by atoms with Gasteiger partial charge in [0.05, 0.1) is 22.9 Å². The Bertz CT molecular complexity index is 762. The standard InChI is InChI=1S/C19H24O4S/c1-13-4-8-16(9-5-13)19(21)18(15(3)20)12-24(22,23)17-10-6-14(2)7-11-17/h4-11,15,18-21H,12H2,1-3H3/t15-,18-,19+/m1/s1. The minimum Gasteiger partial charge on any atom is -0.393 e. The fourth-order valence-corrected chi connectivity index (χ4v) is 4.31. The second kappa shape index (κ2) is 7.47. The quantitative estimate of drug-likeness (QED) is 0.842. The van der Waals surface area contributed by atoms with Gasteiger partial charge in [0.25, 0.3) is 0 Å². The van der Waals surface area contributed by atoms with Gasteiger partial charge < -0.3 is 10.2 Å². The summed E-state index contributed by atoms with van der Waals surface area (Å²) in [5, 5.41) is 20.6. The van der Waals surface area contributed by atoms with Crippen LogP contribution in [0.1, 0.15) is 29.7 Å². The highest BCUT2D eigenvalue weighted by Crippen LogP contribution is 2.28. The van der Waals surface area contributed by atoms with E-state index in [0.29, 0.717) is 5.56 Å². The van der Waals surface area contributed by atoms with Gasteiger partial charge in [0.15, 0.2) is 9.84 Å². The smallest absolute Gasteiger partial charge is 0.178 e. The molecule has 0 saturated carbocycles. The summed E-state index contributed by atoms with van der Waals surface area (Å²) in [6, 6.07) is 13.8. The molecule has 2 aromatic rings. The third-order valence-electron chi connectivity index (χ3n) is 4.24. The number of aliphatic hydroxyl groups excluding tert-OH is 2. The fraction of sp³-hybridized carbons (Fsp3) is 0.368. The largest absolute Gasteiger partial charge is 0.393 e. The van der Waals surface area contributed by atoms with Crippen molar-refractivity contribution in [1.82, 2.24) is 0 Å². The van der Waals surface area contributed by atoms with Crippen LogP contribution in [0.15, 0.2) is 53.4 Å². The van der Waals surface area contributed by atoms with E-state index in [1.165, 1.54) is 6.92 Å². The van der Waals surface area contributed by atoms with Crippen LogP contribution in [0.25, 0.3) is 0 Å². The van der Waals surface area contributed by atoms with Gasteiger partial charge in [-0.2, -0.15) is 0 Å². The molecule has 0 amide bonds. The molecular weight excluding hydrogens is 324 g/mol. The van der Waals surface area contributed by atoms with Gasteiger partial charge in [-0.1, -0.05) is 47.5 Å². The lowest BCUT2D eigenvalue weighted by Gasteiger charge is -2.26. The first-order chi connectivity index (χ1) is 11.2. The van der Waals surface area contributed by atoms with Crippen LogP contribution in [-0.4, -0.2) is 30.5 Å². The van der Waals surface area contributed by atoms with E-state index in [2.05, 4.69) is 0 Å². The molecule has 0 fully saturated rings. The van der Waals surface area contributed by atoms with Gasteiger partial charge in [0, 0.05) is 5.92 Å². The van der Waals surface area contributed by atoms with Crippen LogP contribution in [0.4, 0.5) is 0 Å². The lowest BCUT2D eigenvalue weighted by atomic mass is 9.93. The summed E-state index contributed by atoms with van der Waals surface area (Å²) >= 11 is 0. The molecule has 2 rings (SSSR count). The maximum absolute atomic E-state index is 12.6. The van der Waals surface area contributed by atoms with Gasteiger partial charge in [-0.15, -0.1) is 0 Å². The number of aryl methyl sites for hydroxylation is 2. The third kappa shape index (κ3) is 4.44. The van der Waals surface area contributed by atoms with Crippen LogP contribution < -0.4 is 0 Å². The predicted molar refractivity (Wildman–Crippen MR) is 94.5 cm³/mol. The van der Waals surface area contributed by atoms with E-state index in [1.807, 2.05) is 26.0 Å². The molecule has 24 heavy (non-hydrogen) atoms. The second-order valence-corrected chi connectivity index (χ2v) is 8.39. The van der Waals surface area contributed by atoms with Crippen molar-refractivity contribution in [2.45, 2.75) is 37.9 Å². The molecule has 0 bridgehead atoms. The van der Waals surface area contributed by atoms with E-state index in [4.69, 9.17) is 0 Å². The minimum atomic E-state index is -3.60. The van der Waals surface area contributed by atoms with Crippen molar-refractivity contribution in [2.75, 3.05) is 5.75 Å². The summed E-state index contributed by atoms with van der Waals surface area (Å²) in [7, 11) is -3.60. The van der Waals surface area contributed by atoms with E-state index in [-0.39, 0.29) is 10.6 Å². The lowest BCUT2D eigenvalue weighted by molar-refractivity contribution is 0.0323. The Morgan fingerprint density at radius 3 is 1.79 bits per heavy atom. The molecule has 0 unspecified atom stereocenters. The Hall–Kier alpha value is -1.69. The minimum absolute atomic E-state index is 0.204. The summed E-state index contributed by atoms with van der Waals surface area (Å²) < 4.78 is 25.3. The molecule has 5 heteroatoms. The molecule has 0 aliphatic heterocycles. The first kappa shape index (κ1) is 18.6. The Labute approximate surface area is 143 Å². The summed E-state index contributed by atoms with van der Waals surface area (Å²) in [5.41, 5.74) is 2.62. The molecule has 0 aromatic heterocycles. The maximum atomic E-state index is 12.6. The number of benzene rings is 2. The molecule has 2 N–H and O–H groups in total. The summed E-state index contributed by atoms with van der Waals surface area (Å²) in [5.74, 6) is -1.12. The van der Waals surface area contributed by atoms with Crippen LogP contribution in [0.2, 0.25) is 0 Å². The molecule has 3 atom stereocenters. The Morgan fingerprint density at radius 2 is 1.33 bits per heavy atom. The van der Waals surface area contributed by atoms with Crippen molar-refractivity contribution in [2.24, 2.45) is 5.92 Å². The van der Waals surface area contributed by atoms with Crippen molar-refractivity contribution < 1.29 is 18.6 Å². The molecule has 0 spiro atoms. The zero-order valence-electron chi connectivity index (χ0n) is 14.2. The zero-order chi connectivity index (χ0) is 17.9. The third-order valence-corrected chi connectivity index (χ3v) is 6.05. The van der Waals surface area contributed by atoms with E-state index >= 15 is 0 Å². The second-order valence-electron chi connectivity index (χ2n) is 6.35. The molecule has 130 valence electrons. The highest BCUT2D eigenvalue weighted by Gasteiger charge is 2.31. The molecule has 4 nitrogen and oxygen atoms in total. The highest BCUT2D eigenvalue weighted by atomic mass is 32.2. The maximum Gasteiger partial charge on any atom is 0.178 e. The van der Waals surface area contributed by atoms with Gasteiger partial charge in [-0.05, 0) is 38.5 Å². The first-order valence-corrected chi connectivity index (χ1v) is 9.58. The van der Waals surface area contributed by atoms with E-state index in [9.17, 15) is 18.6 Å². The van der Waals surface area contributed by atoms with Gasteiger partial charge in [0.2, 0.25) is 0 Å². The van der Waals surface area contributed by atoms with Crippen molar-refractivity contribution in [3.8, 4) is 0 Å². The van der Waals surface area contributed by atoms with Crippen LogP contribution in [0.5, 0.6) is 0 Å². The van der Waals surface area contributed by atoms with Crippen LogP contribution in [0.3, 0.4) is 0 Å². The van der Waals surface area contributed by atoms with Crippen molar-refractivity contribution in [1.29, 1.82) is 0 Å². The molecule has 0 saturated heterocycles. The SMILES string of the molecule is Cc1ccc([C@H](O)[C@H](CS(=O)(=O)c2ccc(C)cc2)[C@@H](C)O)cc1. The van der Waals surface area contributed by atoms with Crippen LogP contribution in [0, 0.1) is 19.8 Å². The molecule has 0 heterocycles. The fourth-order valence-electron chi connectivity index (χ4n) is 2.60. The number of hydrogen-bond donors (Lipinski definition) is 2. The van der Waals surface area contributed by atoms with E-state index < -0.39 is 28.0 Å². The van der Waals surface area contributed by atoms with Crippen LogP contribution in [-0.2, 0) is 9.84 Å². The first-order valence-electron chi connectivity index (χ1n) is 7.93. The lowest BCUT2D eigenvalue weighted by Crippen LogP contribution is -2.31. The van der Waals surface area contributed by atoms with Gasteiger partial charge in [-0.25, -0.2) is 8.42 Å². The molecular formula is C19H24O4S. The average Bonchev–Trinajstić information content (AvgIpc) is 2.53. The molecule has 0 aliphatic rings. The average molecular weight is 348 g/mol. The summed E-state index contributed by atoms with van der Waals surface area (Å²) in [6.07, 6.45) is -2.01. The summed E-state index contributed by atoms with van der Waals surface area (Å²) in [4.78, 5) is 0.204. The highest BCUT2D eigenvalue weighted by molar-refractivity contribution is 7.91. The van der Waals surface area contributed by atoms with Crippen molar-refractivity contribution in [3.63, 3.8) is 0 Å². The Kier molecular flexibility index (Phi) is 5.80. The molecule has 2 aromatic carbocycles. The number of hydrogen-bond acceptors (Lipinski definition) is 4. The molecule has 0 radical (unpaired) electrons. The van der Waals surface area contributed by atoms with Crippen LogP contribution >= 0.6 is 0 Å². The van der Waals surface area contributed by atoms with Gasteiger partial charge in [-0.3, -0.25) is 0 Å². The van der Waals surface area contributed by atoms with E-state index in [0.717, 1.165) is 11.1 Å². The van der Waals surface area contributed by atoms with Gasteiger partial charge in [0.1, 0.15) is 0 Å².